The second-order valence-corrected chi connectivity index (χ2v) is 4.52. The molecule has 1 nitrogen and oxygen atoms in total. The highest BCUT2D eigenvalue weighted by molar-refractivity contribution is 5.39. The van der Waals surface area contributed by atoms with E-state index in [1.165, 1.54) is 24.0 Å². The summed E-state index contributed by atoms with van der Waals surface area (Å²) >= 11 is 0. The first-order valence-electron chi connectivity index (χ1n) is 6.55. The molecule has 1 N–H and O–H groups in total. The molecule has 1 aliphatic carbocycles. The molecule has 0 saturated carbocycles. The number of nitrogens with one attached hydrogen (secondary N) is 1. The van der Waals surface area contributed by atoms with Crippen molar-refractivity contribution in [2.45, 2.75) is 32.2 Å². The van der Waals surface area contributed by atoms with Crippen LogP contribution in [0.2, 0.25) is 0 Å². The van der Waals surface area contributed by atoms with Crippen molar-refractivity contribution in [1.82, 2.24) is 5.32 Å². The summed E-state index contributed by atoms with van der Waals surface area (Å²) in [6.07, 6.45) is 11.3. The molecule has 2 rings (SSSR count). The van der Waals surface area contributed by atoms with E-state index in [9.17, 15) is 0 Å². The third kappa shape index (κ3) is 3.31. The number of unbranched alkanes of at least 4 members (excludes halogenated alkanes) is 1. The van der Waals surface area contributed by atoms with Crippen LogP contribution in [0.15, 0.2) is 48.6 Å². The van der Waals surface area contributed by atoms with Gasteiger partial charge in [-0.1, -0.05) is 61.9 Å². The first-order valence-corrected chi connectivity index (χ1v) is 6.55. The molecule has 0 spiro atoms. The molecular formula is C16H21N. The van der Waals surface area contributed by atoms with E-state index >= 15 is 0 Å². The first kappa shape index (κ1) is 12.1. The van der Waals surface area contributed by atoms with Crippen LogP contribution in [-0.4, -0.2) is 6.54 Å². The predicted octanol–water partition coefficient (Wildman–Crippen LogP) is 3.79. The Hall–Kier alpha value is -1.34. The molecule has 0 saturated heterocycles. The normalized spacial score (nSPS) is 14.6. The van der Waals surface area contributed by atoms with Gasteiger partial charge in [0.25, 0.3) is 0 Å². The standard InChI is InChI=1S/C16H21N/c1-2-3-12-17-13-15-10-6-7-11-16(15)14-8-4-5-9-14/h4-11,14,17H,2-3,12-13H2,1H3. The monoisotopic (exact) mass is 227 g/mol. The molecule has 0 aliphatic heterocycles. The summed E-state index contributed by atoms with van der Waals surface area (Å²) in [6, 6.07) is 8.73. The maximum absolute atomic E-state index is 3.52. The van der Waals surface area contributed by atoms with E-state index in [4.69, 9.17) is 0 Å². The van der Waals surface area contributed by atoms with Gasteiger partial charge in [-0.25, -0.2) is 0 Å². The molecule has 0 fully saturated rings. The molecule has 0 aromatic heterocycles. The van der Waals surface area contributed by atoms with Crippen molar-refractivity contribution >= 4 is 0 Å². The third-order valence-electron chi connectivity index (χ3n) is 3.18. The van der Waals surface area contributed by atoms with Crippen molar-refractivity contribution in [3.8, 4) is 0 Å². The van der Waals surface area contributed by atoms with Crippen molar-refractivity contribution in [2.75, 3.05) is 6.54 Å². The minimum atomic E-state index is 0.471. The highest BCUT2D eigenvalue weighted by Gasteiger charge is 2.10. The minimum Gasteiger partial charge on any atom is -0.313 e. The quantitative estimate of drug-likeness (QED) is 0.729. The number of benzene rings is 1. The summed E-state index contributed by atoms with van der Waals surface area (Å²) in [7, 11) is 0. The Balaban J connectivity index is 2.00. The topological polar surface area (TPSA) is 12.0 Å². The van der Waals surface area contributed by atoms with Crippen LogP contribution in [0.5, 0.6) is 0 Å². The van der Waals surface area contributed by atoms with E-state index < -0.39 is 0 Å². The summed E-state index contributed by atoms with van der Waals surface area (Å²) in [5, 5.41) is 3.52. The molecule has 0 radical (unpaired) electrons. The van der Waals surface area contributed by atoms with Crippen LogP contribution in [0.3, 0.4) is 0 Å². The van der Waals surface area contributed by atoms with Crippen LogP contribution < -0.4 is 5.32 Å². The SMILES string of the molecule is CCCCNCc1ccccc1C1C=CC=C1. The average Bonchev–Trinajstić information content (AvgIpc) is 2.89. The van der Waals surface area contributed by atoms with Gasteiger partial charge in [0.05, 0.1) is 0 Å². The summed E-state index contributed by atoms with van der Waals surface area (Å²) < 4.78 is 0. The van der Waals surface area contributed by atoms with E-state index in [2.05, 4.69) is 60.8 Å². The molecule has 1 aliphatic rings. The minimum absolute atomic E-state index is 0.471. The lowest BCUT2D eigenvalue weighted by Crippen LogP contribution is -2.16. The largest absolute Gasteiger partial charge is 0.313 e. The Bertz CT molecular complexity index is 392. The first-order chi connectivity index (χ1) is 8.42. The summed E-state index contributed by atoms with van der Waals surface area (Å²) in [5.41, 5.74) is 2.85. The van der Waals surface area contributed by atoms with Crippen LogP contribution >= 0.6 is 0 Å². The molecular weight excluding hydrogens is 206 g/mol. The van der Waals surface area contributed by atoms with E-state index in [1.807, 2.05) is 0 Å². The van der Waals surface area contributed by atoms with Gasteiger partial charge in [-0.05, 0) is 24.1 Å². The van der Waals surface area contributed by atoms with Crippen LogP contribution in [0, 0.1) is 0 Å². The Morgan fingerprint density at radius 3 is 2.65 bits per heavy atom. The third-order valence-corrected chi connectivity index (χ3v) is 3.18. The smallest absolute Gasteiger partial charge is 0.0208 e. The van der Waals surface area contributed by atoms with E-state index in [1.54, 1.807) is 0 Å². The number of rotatable bonds is 6. The lowest BCUT2D eigenvalue weighted by Gasteiger charge is -2.13. The molecule has 1 aromatic rings. The maximum atomic E-state index is 3.52. The predicted molar refractivity (Wildman–Crippen MR) is 74.1 cm³/mol. The number of hydrogen-bond acceptors (Lipinski definition) is 1. The Morgan fingerprint density at radius 2 is 1.88 bits per heavy atom. The molecule has 1 heteroatoms. The van der Waals surface area contributed by atoms with Gasteiger partial charge in [0, 0.05) is 12.5 Å². The molecule has 1 aromatic carbocycles. The lowest BCUT2D eigenvalue weighted by molar-refractivity contribution is 0.638. The second-order valence-electron chi connectivity index (χ2n) is 4.52. The van der Waals surface area contributed by atoms with E-state index in [0.29, 0.717) is 5.92 Å². The fourth-order valence-electron chi connectivity index (χ4n) is 2.18. The van der Waals surface area contributed by atoms with Crippen LogP contribution in [0.4, 0.5) is 0 Å². The van der Waals surface area contributed by atoms with Crippen molar-refractivity contribution in [2.24, 2.45) is 0 Å². The van der Waals surface area contributed by atoms with Crippen molar-refractivity contribution < 1.29 is 0 Å². The highest BCUT2D eigenvalue weighted by atomic mass is 14.8. The van der Waals surface area contributed by atoms with Gasteiger partial charge in [0.15, 0.2) is 0 Å². The highest BCUT2D eigenvalue weighted by Crippen LogP contribution is 2.25. The van der Waals surface area contributed by atoms with Gasteiger partial charge in [0.2, 0.25) is 0 Å². The molecule has 17 heavy (non-hydrogen) atoms. The fourth-order valence-corrected chi connectivity index (χ4v) is 2.18. The summed E-state index contributed by atoms with van der Waals surface area (Å²) in [5.74, 6) is 0.471. The van der Waals surface area contributed by atoms with E-state index in [0.717, 1.165) is 13.1 Å². The summed E-state index contributed by atoms with van der Waals surface area (Å²) in [6.45, 7) is 4.32. The Kier molecular flexibility index (Phi) is 4.57. The summed E-state index contributed by atoms with van der Waals surface area (Å²) in [4.78, 5) is 0. The van der Waals surface area contributed by atoms with Crippen molar-refractivity contribution in [3.05, 3.63) is 59.7 Å². The van der Waals surface area contributed by atoms with Gasteiger partial charge in [-0.2, -0.15) is 0 Å². The maximum Gasteiger partial charge on any atom is 0.0208 e. The number of hydrogen-bond donors (Lipinski definition) is 1. The lowest BCUT2D eigenvalue weighted by atomic mass is 9.95. The Morgan fingerprint density at radius 1 is 1.12 bits per heavy atom. The van der Waals surface area contributed by atoms with Crippen LogP contribution in [-0.2, 0) is 6.54 Å². The number of allylic oxidation sites excluding steroid dienone is 4. The van der Waals surface area contributed by atoms with Gasteiger partial charge in [-0.3, -0.25) is 0 Å². The zero-order chi connectivity index (χ0) is 11.9. The molecule has 90 valence electrons. The van der Waals surface area contributed by atoms with Gasteiger partial charge >= 0.3 is 0 Å². The Labute approximate surface area is 104 Å². The fraction of sp³-hybridized carbons (Fsp3) is 0.375. The van der Waals surface area contributed by atoms with Gasteiger partial charge in [0.1, 0.15) is 0 Å². The van der Waals surface area contributed by atoms with E-state index in [-0.39, 0.29) is 0 Å². The zero-order valence-electron chi connectivity index (χ0n) is 10.5. The van der Waals surface area contributed by atoms with Gasteiger partial charge in [-0.15, -0.1) is 0 Å². The van der Waals surface area contributed by atoms with Crippen molar-refractivity contribution in [1.29, 1.82) is 0 Å². The molecule has 0 unspecified atom stereocenters. The van der Waals surface area contributed by atoms with Crippen molar-refractivity contribution in [3.63, 3.8) is 0 Å². The molecule has 0 atom stereocenters. The second kappa shape index (κ2) is 6.41. The molecule has 0 heterocycles. The van der Waals surface area contributed by atoms with Gasteiger partial charge < -0.3 is 5.32 Å². The molecule has 0 amide bonds. The zero-order valence-corrected chi connectivity index (χ0v) is 10.5. The molecule has 0 bridgehead atoms. The average molecular weight is 227 g/mol. The van der Waals surface area contributed by atoms with Crippen LogP contribution in [0.1, 0.15) is 36.8 Å². The van der Waals surface area contributed by atoms with Crippen LogP contribution in [0.25, 0.3) is 0 Å².